The fourth-order valence-corrected chi connectivity index (χ4v) is 4.09. The zero-order chi connectivity index (χ0) is 25.8. The fraction of sp³-hybridized carbons (Fsp3) is 0.294. The Labute approximate surface area is 214 Å². The van der Waals surface area contributed by atoms with Crippen LogP contribution in [0.5, 0.6) is 0 Å². The minimum absolute atomic E-state index is 0.363. The summed E-state index contributed by atoms with van der Waals surface area (Å²) < 4.78 is 0. The summed E-state index contributed by atoms with van der Waals surface area (Å²) in [6, 6.07) is 9.26. The van der Waals surface area contributed by atoms with Gasteiger partial charge in [0.15, 0.2) is 0 Å². The lowest BCUT2D eigenvalue weighted by Crippen LogP contribution is -2.34. The van der Waals surface area contributed by atoms with Crippen molar-refractivity contribution in [2.75, 3.05) is 4.90 Å². The van der Waals surface area contributed by atoms with Crippen LogP contribution in [-0.2, 0) is 0 Å². The van der Waals surface area contributed by atoms with Crippen molar-refractivity contribution in [3.05, 3.63) is 138 Å². The number of rotatable bonds is 8. The summed E-state index contributed by atoms with van der Waals surface area (Å²) in [6.45, 7) is 22.0. The molecule has 1 unspecified atom stereocenters. The Kier molecular flexibility index (Phi) is 11.3. The summed E-state index contributed by atoms with van der Waals surface area (Å²) in [5, 5.41) is 0. The summed E-state index contributed by atoms with van der Waals surface area (Å²) in [5.74, 6) is 0. The number of nitrogens with zero attached hydrogens (tertiary/aromatic N) is 1. The highest BCUT2D eigenvalue weighted by molar-refractivity contribution is 5.58. The fourth-order valence-electron chi connectivity index (χ4n) is 4.09. The van der Waals surface area contributed by atoms with Gasteiger partial charge in [0.1, 0.15) is 0 Å². The van der Waals surface area contributed by atoms with Crippen molar-refractivity contribution in [3.63, 3.8) is 0 Å². The van der Waals surface area contributed by atoms with Crippen LogP contribution in [0.2, 0.25) is 0 Å². The molecule has 0 saturated carbocycles. The van der Waals surface area contributed by atoms with Gasteiger partial charge >= 0.3 is 0 Å². The molecule has 0 N–H and O–H groups in total. The first kappa shape index (κ1) is 27.9. The van der Waals surface area contributed by atoms with Crippen LogP contribution < -0.4 is 4.90 Å². The van der Waals surface area contributed by atoms with E-state index in [-0.39, 0.29) is 0 Å². The summed E-state index contributed by atoms with van der Waals surface area (Å²) in [4.78, 5) is 2.51. The molecule has 0 fully saturated rings. The summed E-state index contributed by atoms with van der Waals surface area (Å²) >= 11 is 0. The Hall–Kier alpha value is -3.32. The van der Waals surface area contributed by atoms with Crippen molar-refractivity contribution in [3.8, 4) is 0 Å². The van der Waals surface area contributed by atoms with E-state index in [1.807, 2.05) is 24.3 Å². The van der Waals surface area contributed by atoms with E-state index >= 15 is 0 Å². The molecule has 0 aromatic heterocycles. The van der Waals surface area contributed by atoms with Crippen molar-refractivity contribution in [2.24, 2.45) is 0 Å². The molecular weight excluding hydrogens is 422 g/mol. The van der Waals surface area contributed by atoms with E-state index in [1.54, 1.807) is 0 Å². The molecule has 0 saturated heterocycles. The number of allylic oxidation sites excluding steroid dienone is 13. The Balaban J connectivity index is 0.000000540. The second-order valence-electron chi connectivity index (χ2n) is 9.30. The number of hydrogen-bond acceptors (Lipinski definition) is 1. The molecule has 1 atom stereocenters. The molecule has 184 valence electrons. The average Bonchev–Trinajstić information content (AvgIpc) is 2.89. The topological polar surface area (TPSA) is 3.24 Å². The second-order valence-corrected chi connectivity index (χ2v) is 9.30. The van der Waals surface area contributed by atoms with Gasteiger partial charge in [-0.15, -0.1) is 0 Å². The van der Waals surface area contributed by atoms with Crippen LogP contribution in [0.25, 0.3) is 0 Å². The molecular formula is C34H43N. The summed E-state index contributed by atoms with van der Waals surface area (Å²) in [5.41, 5.74) is 10.5. The predicted octanol–water partition coefficient (Wildman–Crippen LogP) is 9.90. The zero-order valence-electron chi connectivity index (χ0n) is 22.5. The number of anilines is 1. The first-order chi connectivity index (χ1) is 16.8. The monoisotopic (exact) mass is 465 g/mol. The molecule has 2 aliphatic carbocycles. The largest absolute Gasteiger partial charge is 0.338 e. The van der Waals surface area contributed by atoms with Gasteiger partial charge in [-0.05, 0) is 82.7 Å². The highest BCUT2D eigenvalue weighted by Crippen LogP contribution is 2.33. The van der Waals surface area contributed by atoms with Crippen LogP contribution in [0.1, 0.15) is 58.9 Å². The number of hydrogen-bond donors (Lipinski definition) is 0. The highest BCUT2D eigenvalue weighted by Gasteiger charge is 2.23. The van der Waals surface area contributed by atoms with Crippen molar-refractivity contribution in [1.29, 1.82) is 0 Å². The van der Waals surface area contributed by atoms with E-state index in [1.165, 1.54) is 44.8 Å². The lowest BCUT2D eigenvalue weighted by Gasteiger charge is -2.36. The summed E-state index contributed by atoms with van der Waals surface area (Å²) in [6.07, 6.45) is 23.4. The van der Waals surface area contributed by atoms with E-state index in [0.717, 1.165) is 25.7 Å². The Morgan fingerprint density at radius 3 is 2.14 bits per heavy atom. The zero-order valence-corrected chi connectivity index (χ0v) is 22.5. The molecule has 0 heterocycles. The third-order valence-corrected chi connectivity index (χ3v) is 6.63. The van der Waals surface area contributed by atoms with Crippen molar-refractivity contribution >= 4 is 5.69 Å². The molecule has 2 aliphatic rings. The lowest BCUT2D eigenvalue weighted by atomic mass is 9.93. The van der Waals surface area contributed by atoms with Gasteiger partial charge in [-0.25, -0.2) is 0 Å². The molecule has 35 heavy (non-hydrogen) atoms. The van der Waals surface area contributed by atoms with Gasteiger partial charge in [0.2, 0.25) is 0 Å². The van der Waals surface area contributed by atoms with Gasteiger partial charge in [-0.1, -0.05) is 110 Å². The number of benzene rings is 1. The third kappa shape index (κ3) is 8.14. The SMILES string of the molecule is C=C/C=C(\C=C)C1=CC=C(N(c2ccc(C)cc2)C2C=CC(CC)=CC2)CC1.C=CC(C)=C(C)C. The Morgan fingerprint density at radius 2 is 1.71 bits per heavy atom. The van der Waals surface area contributed by atoms with Crippen molar-refractivity contribution < 1.29 is 0 Å². The average molecular weight is 466 g/mol. The normalized spacial score (nSPS) is 17.1. The maximum Gasteiger partial charge on any atom is 0.0556 e. The van der Waals surface area contributed by atoms with Crippen LogP contribution in [0.4, 0.5) is 5.69 Å². The first-order valence-corrected chi connectivity index (χ1v) is 12.7. The Morgan fingerprint density at radius 1 is 1.00 bits per heavy atom. The predicted molar refractivity (Wildman–Crippen MR) is 158 cm³/mol. The van der Waals surface area contributed by atoms with Gasteiger partial charge in [0.05, 0.1) is 6.04 Å². The maximum absolute atomic E-state index is 3.95. The van der Waals surface area contributed by atoms with Gasteiger partial charge in [-0.3, -0.25) is 0 Å². The van der Waals surface area contributed by atoms with E-state index in [4.69, 9.17) is 0 Å². The molecule has 0 amide bonds. The molecule has 1 nitrogen and oxygen atoms in total. The van der Waals surface area contributed by atoms with Gasteiger partial charge in [0.25, 0.3) is 0 Å². The highest BCUT2D eigenvalue weighted by atomic mass is 15.2. The van der Waals surface area contributed by atoms with Crippen molar-refractivity contribution in [1.82, 2.24) is 0 Å². The Bertz CT molecular complexity index is 1080. The molecule has 0 bridgehead atoms. The molecule has 0 radical (unpaired) electrons. The molecule has 1 aromatic rings. The number of aryl methyl sites for hydroxylation is 1. The van der Waals surface area contributed by atoms with Crippen LogP contribution >= 0.6 is 0 Å². The standard InChI is InChI=1S/C27H31N.C7H12/c1-5-8-23(7-3)24-13-19-27(20-14-24)28(25-15-9-21(4)10-16-25)26-17-11-22(6-2)12-18-26;1-5-7(4)6(2)3/h5,7-13,15-17,19,26H,1,3,6,14,18,20H2,2,4H3;5H,1H2,2-4H3/b23-8+;. The molecule has 1 heteroatoms. The molecule has 0 spiro atoms. The minimum atomic E-state index is 0.363. The summed E-state index contributed by atoms with van der Waals surface area (Å²) in [7, 11) is 0. The van der Waals surface area contributed by atoms with Gasteiger partial charge in [-0.2, -0.15) is 0 Å². The van der Waals surface area contributed by atoms with Crippen LogP contribution in [-0.4, -0.2) is 6.04 Å². The van der Waals surface area contributed by atoms with Crippen LogP contribution in [0.3, 0.4) is 0 Å². The maximum atomic E-state index is 3.95. The first-order valence-electron chi connectivity index (χ1n) is 12.7. The minimum Gasteiger partial charge on any atom is -0.338 e. The van der Waals surface area contributed by atoms with Crippen LogP contribution in [0, 0.1) is 6.92 Å². The lowest BCUT2D eigenvalue weighted by molar-refractivity contribution is 0.710. The van der Waals surface area contributed by atoms with E-state index < -0.39 is 0 Å². The van der Waals surface area contributed by atoms with Gasteiger partial charge < -0.3 is 4.90 Å². The van der Waals surface area contributed by atoms with Crippen LogP contribution in [0.15, 0.2) is 132 Å². The third-order valence-electron chi connectivity index (χ3n) is 6.63. The van der Waals surface area contributed by atoms with E-state index in [2.05, 4.69) is 114 Å². The smallest absolute Gasteiger partial charge is 0.0556 e. The van der Waals surface area contributed by atoms with Gasteiger partial charge in [0, 0.05) is 11.4 Å². The quantitative estimate of drug-likeness (QED) is 0.345. The van der Waals surface area contributed by atoms with E-state index in [0.29, 0.717) is 6.04 Å². The second kappa shape index (κ2) is 14.2. The van der Waals surface area contributed by atoms with Crippen molar-refractivity contribution in [2.45, 2.75) is 66.3 Å². The van der Waals surface area contributed by atoms with E-state index in [9.17, 15) is 0 Å². The molecule has 0 aliphatic heterocycles. The molecule has 1 aromatic carbocycles. The molecule has 3 rings (SSSR count).